The van der Waals surface area contributed by atoms with E-state index in [9.17, 15) is 8.42 Å². The highest BCUT2D eigenvalue weighted by atomic mass is 32.2. The Balaban J connectivity index is 1.26. The van der Waals surface area contributed by atoms with E-state index in [-0.39, 0.29) is 4.90 Å². The van der Waals surface area contributed by atoms with E-state index in [2.05, 4.69) is 19.8 Å². The van der Waals surface area contributed by atoms with Gasteiger partial charge in [-0.3, -0.25) is 4.72 Å². The summed E-state index contributed by atoms with van der Waals surface area (Å²) in [5, 5.41) is 4.06. The topological polar surface area (TPSA) is 103 Å². The van der Waals surface area contributed by atoms with Gasteiger partial charge in [-0.1, -0.05) is 64.8 Å². The third kappa shape index (κ3) is 5.06. The third-order valence-electron chi connectivity index (χ3n) is 5.78. The number of anilines is 1. The zero-order valence-corrected chi connectivity index (χ0v) is 21.0. The summed E-state index contributed by atoms with van der Waals surface area (Å²) in [5.74, 6) is 0.860. The number of benzene rings is 3. The summed E-state index contributed by atoms with van der Waals surface area (Å²) in [7, 11) is -3.67. The summed E-state index contributed by atoms with van der Waals surface area (Å²) in [6, 6.07) is 20.4. The molecule has 0 radical (unpaired) electrons. The molecule has 0 aliphatic rings. The predicted molar refractivity (Wildman–Crippen MR) is 138 cm³/mol. The minimum atomic E-state index is -3.67. The molecule has 36 heavy (non-hydrogen) atoms. The lowest BCUT2D eigenvalue weighted by atomic mass is 10.1. The molecular weight excluding hydrogens is 474 g/mol. The van der Waals surface area contributed by atoms with Gasteiger partial charge in [-0.2, -0.15) is 4.98 Å². The van der Waals surface area contributed by atoms with Crippen LogP contribution in [0.1, 0.15) is 22.3 Å². The Labute approximate surface area is 209 Å². The first kappa shape index (κ1) is 23.5. The maximum Gasteiger partial charge on any atom is 0.278 e. The van der Waals surface area contributed by atoms with Crippen molar-refractivity contribution in [1.82, 2.24) is 19.7 Å². The monoisotopic (exact) mass is 499 g/mol. The minimum Gasteiger partial charge on any atom is -0.332 e. The lowest BCUT2D eigenvalue weighted by Gasteiger charge is -2.11. The van der Waals surface area contributed by atoms with Gasteiger partial charge in [0.1, 0.15) is 5.69 Å². The molecule has 0 saturated carbocycles. The van der Waals surface area contributed by atoms with Crippen molar-refractivity contribution in [2.24, 2.45) is 0 Å². The average Bonchev–Trinajstić information content (AvgIpc) is 3.50. The molecule has 1 N–H and O–H groups in total. The molecule has 0 spiro atoms. The van der Waals surface area contributed by atoms with Crippen LogP contribution in [-0.2, 0) is 16.6 Å². The van der Waals surface area contributed by atoms with E-state index in [0.29, 0.717) is 35.2 Å². The molecule has 3 aromatic carbocycles. The first-order valence-corrected chi connectivity index (χ1v) is 12.9. The van der Waals surface area contributed by atoms with Crippen LogP contribution in [-0.4, -0.2) is 28.1 Å². The second-order valence-corrected chi connectivity index (χ2v) is 10.4. The molecular formula is C27H25N5O3S. The second-order valence-electron chi connectivity index (χ2n) is 8.79. The normalized spacial score (nSPS) is 11.5. The number of sulfonamides is 1. The summed E-state index contributed by atoms with van der Waals surface area (Å²) in [6.07, 6.45) is 3.53. The maximum absolute atomic E-state index is 12.8. The Bertz CT molecular complexity index is 1620. The van der Waals surface area contributed by atoms with Crippen molar-refractivity contribution < 1.29 is 12.9 Å². The van der Waals surface area contributed by atoms with E-state index in [4.69, 9.17) is 4.52 Å². The smallest absolute Gasteiger partial charge is 0.278 e. The molecule has 2 aromatic heterocycles. The Morgan fingerprint density at radius 1 is 0.917 bits per heavy atom. The molecule has 0 saturated heterocycles. The quantitative estimate of drug-likeness (QED) is 0.323. The molecule has 0 aliphatic heterocycles. The molecule has 8 nitrogen and oxygen atoms in total. The lowest BCUT2D eigenvalue weighted by molar-refractivity contribution is 0.431. The van der Waals surface area contributed by atoms with E-state index in [1.54, 1.807) is 37.5 Å². The van der Waals surface area contributed by atoms with Gasteiger partial charge in [0.15, 0.2) is 0 Å². The largest absolute Gasteiger partial charge is 0.332 e. The fourth-order valence-electron chi connectivity index (χ4n) is 3.90. The number of nitrogens with one attached hydrogen (secondary N) is 1. The molecule has 0 bridgehead atoms. The summed E-state index contributed by atoms with van der Waals surface area (Å²) in [4.78, 5) is 9.13. The van der Waals surface area contributed by atoms with Gasteiger partial charge in [0, 0.05) is 24.0 Å². The number of nitrogens with zero attached hydrogens (tertiary/aromatic N) is 4. The number of hydrogen-bond acceptors (Lipinski definition) is 6. The highest BCUT2D eigenvalue weighted by Crippen LogP contribution is 2.23. The van der Waals surface area contributed by atoms with Crippen LogP contribution in [0.4, 0.5) is 5.69 Å². The van der Waals surface area contributed by atoms with Gasteiger partial charge in [-0.25, -0.2) is 13.4 Å². The van der Waals surface area contributed by atoms with Crippen LogP contribution in [0, 0.1) is 20.8 Å². The molecule has 0 fully saturated rings. The molecule has 2 heterocycles. The summed E-state index contributed by atoms with van der Waals surface area (Å²) in [5.41, 5.74) is 5.83. The van der Waals surface area contributed by atoms with Crippen molar-refractivity contribution in [3.05, 3.63) is 102 Å². The Morgan fingerprint density at radius 3 is 2.36 bits per heavy atom. The highest BCUT2D eigenvalue weighted by molar-refractivity contribution is 7.92. The minimum absolute atomic E-state index is 0.273. The zero-order chi connectivity index (χ0) is 25.3. The molecule has 5 rings (SSSR count). The molecule has 0 atom stereocenters. The van der Waals surface area contributed by atoms with Gasteiger partial charge >= 0.3 is 0 Å². The number of imidazole rings is 1. The van der Waals surface area contributed by atoms with Crippen LogP contribution in [0.3, 0.4) is 0 Å². The van der Waals surface area contributed by atoms with Gasteiger partial charge in [0.2, 0.25) is 5.82 Å². The van der Waals surface area contributed by atoms with E-state index in [1.807, 2.05) is 67.1 Å². The van der Waals surface area contributed by atoms with Crippen LogP contribution >= 0.6 is 0 Å². The zero-order valence-electron chi connectivity index (χ0n) is 20.1. The van der Waals surface area contributed by atoms with Gasteiger partial charge in [-0.05, 0) is 50.1 Å². The molecule has 0 unspecified atom stereocenters. The molecule has 0 amide bonds. The van der Waals surface area contributed by atoms with Crippen LogP contribution < -0.4 is 4.72 Å². The average molecular weight is 500 g/mol. The Hall–Kier alpha value is -4.24. The lowest BCUT2D eigenvalue weighted by Crippen LogP contribution is -2.14. The molecule has 9 heteroatoms. The van der Waals surface area contributed by atoms with Crippen molar-refractivity contribution in [3.8, 4) is 23.0 Å². The van der Waals surface area contributed by atoms with E-state index in [0.717, 1.165) is 22.3 Å². The standard InChI is InChI=1S/C27H25N5O3S/c1-18-4-9-22(10-5-18)26-29-27(35-30-26)24-16-32(17-28-24)15-21-7-11-23(12-8-21)31-36(33,34)25-13-6-19(2)14-20(25)3/h4-14,16-17,31H,15H2,1-3H3. The molecule has 0 aliphatic carbocycles. The molecule has 182 valence electrons. The van der Waals surface area contributed by atoms with E-state index < -0.39 is 10.0 Å². The van der Waals surface area contributed by atoms with Gasteiger partial charge < -0.3 is 9.09 Å². The van der Waals surface area contributed by atoms with Crippen molar-refractivity contribution in [2.45, 2.75) is 32.2 Å². The molecule has 5 aromatic rings. The van der Waals surface area contributed by atoms with Crippen LogP contribution in [0.5, 0.6) is 0 Å². The Kier molecular flexibility index (Phi) is 6.15. The fourth-order valence-corrected chi connectivity index (χ4v) is 5.19. The van der Waals surface area contributed by atoms with Crippen LogP contribution in [0.25, 0.3) is 23.0 Å². The highest BCUT2D eigenvalue weighted by Gasteiger charge is 2.17. The number of hydrogen-bond donors (Lipinski definition) is 1. The van der Waals surface area contributed by atoms with Gasteiger partial charge in [0.05, 0.1) is 11.2 Å². The summed E-state index contributed by atoms with van der Waals surface area (Å²) in [6.45, 7) is 6.30. The Morgan fingerprint density at radius 2 is 1.64 bits per heavy atom. The van der Waals surface area contributed by atoms with Gasteiger partial charge in [0.25, 0.3) is 15.9 Å². The van der Waals surface area contributed by atoms with Crippen molar-refractivity contribution in [3.63, 3.8) is 0 Å². The van der Waals surface area contributed by atoms with Crippen LogP contribution in [0.2, 0.25) is 0 Å². The summed E-state index contributed by atoms with van der Waals surface area (Å²) < 4.78 is 35.6. The number of aromatic nitrogens is 4. The second kappa shape index (κ2) is 9.43. The van der Waals surface area contributed by atoms with Crippen LogP contribution in [0.15, 0.2) is 88.7 Å². The third-order valence-corrected chi connectivity index (χ3v) is 7.32. The number of aryl methyl sites for hydroxylation is 3. The first-order valence-electron chi connectivity index (χ1n) is 11.4. The predicted octanol–water partition coefficient (Wildman–Crippen LogP) is 5.37. The van der Waals surface area contributed by atoms with Crippen molar-refractivity contribution in [1.29, 1.82) is 0 Å². The maximum atomic E-state index is 12.8. The first-order chi connectivity index (χ1) is 17.3. The summed E-state index contributed by atoms with van der Waals surface area (Å²) >= 11 is 0. The van der Waals surface area contributed by atoms with Crippen molar-refractivity contribution >= 4 is 15.7 Å². The van der Waals surface area contributed by atoms with E-state index in [1.165, 1.54) is 0 Å². The van der Waals surface area contributed by atoms with E-state index >= 15 is 0 Å². The number of rotatable bonds is 7. The fraction of sp³-hybridized carbons (Fsp3) is 0.148. The SMILES string of the molecule is Cc1ccc(-c2noc(-c3cn(Cc4ccc(NS(=O)(=O)c5ccc(C)cc5C)cc4)cn3)n2)cc1. The van der Waals surface area contributed by atoms with Crippen molar-refractivity contribution in [2.75, 3.05) is 4.72 Å². The van der Waals surface area contributed by atoms with Gasteiger partial charge in [-0.15, -0.1) is 0 Å².